The Morgan fingerprint density at radius 2 is 2.08 bits per heavy atom. The largest absolute Gasteiger partial charge is 0.349 e. The molecule has 0 saturated carbocycles. The maximum absolute atomic E-state index is 12.7. The quantitative estimate of drug-likeness (QED) is 0.903. The first-order valence-corrected chi connectivity index (χ1v) is 9.53. The molecule has 1 N–H and O–H groups in total. The molecule has 2 aromatic rings. The molecule has 0 bridgehead atoms. The lowest BCUT2D eigenvalue weighted by atomic mass is 10.0. The van der Waals surface area contributed by atoms with Gasteiger partial charge in [0.05, 0.1) is 10.3 Å². The van der Waals surface area contributed by atoms with Crippen molar-refractivity contribution in [2.24, 2.45) is 5.92 Å². The van der Waals surface area contributed by atoms with Crippen LogP contribution in [0.15, 0.2) is 4.79 Å². The fourth-order valence-electron chi connectivity index (χ4n) is 3.24. The average molecular weight is 347 g/mol. The first-order chi connectivity index (χ1) is 11.4. The number of aromatic nitrogens is 2. The molecule has 0 radical (unpaired) electrons. The maximum atomic E-state index is 12.7. The fraction of sp³-hybridized carbons (Fsp3) is 0.611. The predicted molar refractivity (Wildman–Crippen MR) is 97.9 cm³/mol. The highest BCUT2D eigenvalue weighted by molar-refractivity contribution is 7.20. The number of nitrogens with zero attached hydrogens (tertiary/aromatic N) is 2. The molecule has 1 aliphatic heterocycles. The molecule has 0 aliphatic carbocycles. The monoisotopic (exact) mass is 347 g/mol. The minimum Gasteiger partial charge on any atom is -0.349 e. The van der Waals surface area contributed by atoms with Crippen LogP contribution < -0.4 is 10.9 Å². The van der Waals surface area contributed by atoms with Crippen LogP contribution in [0.25, 0.3) is 10.2 Å². The lowest BCUT2D eigenvalue weighted by molar-refractivity contribution is 0.0941. The molecule has 1 aliphatic rings. The van der Waals surface area contributed by atoms with E-state index in [0.717, 1.165) is 43.6 Å². The Morgan fingerprint density at radius 3 is 2.79 bits per heavy atom. The molecule has 0 saturated heterocycles. The van der Waals surface area contributed by atoms with Gasteiger partial charge in [0.15, 0.2) is 0 Å². The van der Waals surface area contributed by atoms with Gasteiger partial charge in [0.25, 0.3) is 11.5 Å². The van der Waals surface area contributed by atoms with Crippen LogP contribution in [0.5, 0.6) is 0 Å². The maximum Gasteiger partial charge on any atom is 0.262 e. The van der Waals surface area contributed by atoms with Gasteiger partial charge in [-0.05, 0) is 44.6 Å². The van der Waals surface area contributed by atoms with Crippen molar-refractivity contribution in [1.82, 2.24) is 14.9 Å². The molecule has 0 aromatic carbocycles. The van der Waals surface area contributed by atoms with E-state index < -0.39 is 0 Å². The summed E-state index contributed by atoms with van der Waals surface area (Å²) < 4.78 is 1.76. The number of fused-ring (bicyclic) bond motifs is 2. The molecule has 3 rings (SSSR count). The lowest BCUT2D eigenvalue weighted by Gasteiger charge is -2.14. The van der Waals surface area contributed by atoms with Crippen LogP contribution in [-0.2, 0) is 13.0 Å². The third-order valence-electron chi connectivity index (χ3n) is 4.67. The molecule has 0 fully saturated rings. The zero-order valence-corrected chi connectivity index (χ0v) is 15.6. The van der Waals surface area contributed by atoms with E-state index in [1.54, 1.807) is 4.57 Å². The van der Waals surface area contributed by atoms with Crippen molar-refractivity contribution in [3.63, 3.8) is 0 Å². The van der Waals surface area contributed by atoms with Crippen molar-refractivity contribution in [2.75, 3.05) is 0 Å². The average Bonchev–Trinajstić information content (AvgIpc) is 3.10. The SMILES string of the molecule is Cc1c(C(=O)N[C@H](C)CCC(C)C)sc2nc3n(c(=O)c12)CCC3. The molecule has 2 aromatic heterocycles. The number of hydrogen-bond acceptors (Lipinski definition) is 4. The van der Waals surface area contributed by atoms with Crippen molar-refractivity contribution >= 4 is 27.5 Å². The summed E-state index contributed by atoms with van der Waals surface area (Å²) >= 11 is 1.34. The van der Waals surface area contributed by atoms with Gasteiger partial charge in [-0.15, -0.1) is 11.3 Å². The molecule has 0 spiro atoms. The number of rotatable bonds is 5. The molecule has 130 valence electrons. The third-order valence-corrected chi connectivity index (χ3v) is 5.86. The van der Waals surface area contributed by atoms with Gasteiger partial charge in [0, 0.05) is 19.0 Å². The second kappa shape index (κ2) is 6.67. The van der Waals surface area contributed by atoms with E-state index in [4.69, 9.17) is 0 Å². The Kier molecular flexibility index (Phi) is 4.76. The van der Waals surface area contributed by atoms with E-state index in [1.165, 1.54) is 11.3 Å². The summed E-state index contributed by atoms with van der Waals surface area (Å²) in [6.07, 6.45) is 3.86. The first kappa shape index (κ1) is 17.1. The van der Waals surface area contributed by atoms with Crippen LogP contribution in [-0.4, -0.2) is 21.5 Å². The van der Waals surface area contributed by atoms with Gasteiger partial charge in [-0.3, -0.25) is 14.2 Å². The topological polar surface area (TPSA) is 64.0 Å². The minimum absolute atomic E-state index is 0.00755. The molecule has 3 heterocycles. The highest BCUT2D eigenvalue weighted by Gasteiger charge is 2.23. The Labute approximate surface area is 146 Å². The standard InChI is InChI=1S/C18H25N3O2S/c1-10(2)7-8-11(3)19-16(22)15-12(4)14-17(24-15)20-13-6-5-9-21(13)18(14)23/h10-11H,5-9H2,1-4H3,(H,19,22)/t11-/m1/s1. The summed E-state index contributed by atoms with van der Waals surface area (Å²) in [4.78, 5) is 31.2. The second-order valence-corrected chi connectivity index (χ2v) is 8.17. The van der Waals surface area contributed by atoms with E-state index in [2.05, 4.69) is 24.1 Å². The number of thiophene rings is 1. The number of carbonyl (C=O) groups is 1. The molecule has 0 unspecified atom stereocenters. The molecule has 5 nitrogen and oxygen atoms in total. The third kappa shape index (κ3) is 3.11. The smallest absolute Gasteiger partial charge is 0.262 e. The van der Waals surface area contributed by atoms with Crippen LogP contribution in [0.3, 0.4) is 0 Å². The van der Waals surface area contributed by atoms with Crippen molar-refractivity contribution in [1.29, 1.82) is 0 Å². The van der Waals surface area contributed by atoms with E-state index in [0.29, 0.717) is 21.0 Å². The fourth-order valence-corrected chi connectivity index (χ4v) is 4.33. The minimum atomic E-state index is -0.0867. The summed E-state index contributed by atoms with van der Waals surface area (Å²) in [5.41, 5.74) is 0.774. The summed E-state index contributed by atoms with van der Waals surface area (Å²) in [6, 6.07) is 0.128. The first-order valence-electron chi connectivity index (χ1n) is 8.72. The van der Waals surface area contributed by atoms with Crippen LogP contribution in [0.4, 0.5) is 0 Å². The van der Waals surface area contributed by atoms with Crippen LogP contribution in [0.1, 0.15) is 61.1 Å². The van der Waals surface area contributed by atoms with E-state index in [9.17, 15) is 9.59 Å². The highest BCUT2D eigenvalue weighted by Crippen LogP contribution is 2.28. The number of amides is 1. The van der Waals surface area contributed by atoms with E-state index in [-0.39, 0.29) is 17.5 Å². The molecule has 6 heteroatoms. The summed E-state index contributed by atoms with van der Waals surface area (Å²) in [7, 11) is 0. The Bertz CT molecular complexity index is 835. The normalized spacial score (nSPS) is 15.0. The summed E-state index contributed by atoms with van der Waals surface area (Å²) in [5, 5.41) is 3.68. The molecule has 24 heavy (non-hydrogen) atoms. The van der Waals surface area contributed by atoms with Crippen LogP contribution in [0, 0.1) is 12.8 Å². The van der Waals surface area contributed by atoms with Gasteiger partial charge < -0.3 is 5.32 Å². The lowest BCUT2D eigenvalue weighted by Crippen LogP contribution is -2.32. The van der Waals surface area contributed by atoms with Crippen molar-refractivity contribution in [3.8, 4) is 0 Å². The molecule has 1 amide bonds. The van der Waals surface area contributed by atoms with E-state index in [1.807, 2.05) is 13.8 Å². The van der Waals surface area contributed by atoms with Crippen molar-refractivity contribution in [3.05, 3.63) is 26.6 Å². The molecular formula is C18H25N3O2S. The van der Waals surface area contributed by atoms with Gasteiger partial charge in [0.2, 0.25) is 0 Å². The van der Waals surface area contributed by atoms with Crippen molar-refractivity contribution < 1.29 is 4.79 Å². The van der Waals surface area contributed by atoms with Gasteiger partial charge in [-0.1, -0.05) is 13.8 Å². The zero-order valence-electron chi connectivity index (χ0n) is 14.8. The van der Waals surface area contributed by atoms with Gasteiger partial charge in [-0.25, -0.2) is 4.98 Å². The predicted octanol–water partition coefficient (Wildman–Crippen LogP) is 3.27. The highest BCUT2D eigenvalue weighted by atomic mass is 32.1. The Hall–Kier alpha value is -1.69. The van der Waals surface area contributed by atoms with Crippen molar-refractivity contribution in [2.45, 2.75) is 66.0 Å². The Balaban J connectivity index is 1.88. The Morgan fingerprint density at radius 1 is 1.33 bits per heavy atom. The van der Waals surface area contributed by atoms with Gasteiger partial charge in [-0.2, -0.15) is 0 Å². The number of nitrogens with one attached hydrogen (secondary N) is 1. The van der Waals surface area contributed by atoms with E-state index >= 15 is 0 Å². The molecular weight excluding hydrogens is 322 g/mol. The number of carbonyl (C=O) groups excluding carboxylic acids is 1. The van der Waals surface area contributed by atoms with Gasteiger partial charge >= 0.3 is 0 Å². The molecule has 1 atom stereocenters. The van der Waals surface area contributed by atoms with Crippen LogP contribution >= 0.6 is 11.3 Å². The number of hydrogen-bond donors (Lipinski definition) is 1. The summed E-state index contributed by atoms with van der Waals surface area (Å²) in [6.45, 7) is 8.99. The zero-order chi connectivity index (χ0) is 17.4. The second-order valence-electron chi connectivity index (χ2n) is 7.17. The summed E-state index contributed by atoms with van der Waals surface area (Å²) in [5.74, 6) is 1.39. The van der Waals surface area contributed by atoms with Crippen LogP contribution in [0.2, 0.25) is 0 Å². The number of aryl methyl sites for hydroxylation is 2. The van der Waals surface area contributed by atoms with Gasteiger partial charge in [0.1, 0.15) is 10.7 Å².